The van der Waals surface area contributed by atoms with E-state index in [4.69, 9.17) is 0 Å². The van der Waals surface area contributed by atoms with E-state index in [-0.39, 0.29) is 0 Å². The van der Waals surface area contributed by atoms with E-state index in [1.54, 1.807) is 0 Å². The van der Waals surface area contributed by atoms with Gasteiger partial charge in [0, 0.05) is 10.2 Å². The van der Waals surface area contributed by atoms with Crippen LogP contribution in [-0.2, 0) is 6.04 Å². The predicted octanol–water partition coefficient (Wildman–Crippen LogP) is 1.36. The normalized spacial score (nSPS) is 9.12. The number of rotatable bonds is 1. The maximum Gasteiger partial charge on any atom is 0.0283 e. The van der Waals surface area contributed by atoms with Crippen molar-refractivity contribution in [1.82, 2.24) is 0 Å². The third-order valence-corrected chi connectivity index (χ3v) is 1.46. The standard InChI is InChI=1S/C7H7Si/c8-6-7-4-2-1-3-5-7/h1-5H,6H2. The van der Waals surface area contributed by atoms with Crippen LogP contribution in [0, 0.1) is 0 Å². The van der Waals surface area contributed by atoms with Crippen molar-refractivity contribution in [3.05, 3.63) is 35.9 Å². The maximum atomic E-state index is 3.40. The van der Waals surface area contributed by atoms with Gasteiger partial charge in [0.05, 0.1) is 0 Å². The number of hydrogen-bond acceptors (Lipinski definition) is 0. The SMILES string of the molecule is [Si]Cc1ccccc1. The molecule has 1 aromatic rings. The lowest BCUT2D eigenvalue weighted by Crippen LogP contribution is -1.78. The molecule has 0 fully saturated rings. The summed E-state index contributed by atoms with van der Waals surface area (Å²) in [5.41, 5.74) is 1.32. The summed E-state index contributed by atoms with van der Waals surface area (Å²) in [4.78, 5) is 0. The van der Waals surface area contributed by atoms with Gasteiger partial charge in [-0.15, -0.1) is 0 Å². The van der Waals surface area contributed by atoms with Crippen LogP contribution in [0.4, 0.5) is 0 Å². The summed E-state index contributed by atoms with van der Waals surface area (Å²) in [7, 11) is 3.40. The summed E-state index contributed by atoms with van der Waals surface area (Å²) >= 11 is 0. The lowest BCUT2D eigenvalue weighted by Gasteiger charge is -1.89. The van der Waals surface area contributed by atoms with Crippen molar-refractivity contribution in [2.24, 2.45) is 0 Å². The second kappa shape index (κ2) is 2.67. The molecule has 0 nitrogen and oxygen atoms in total. The van der Waals surface area contributed by atoms with E-state index in [1.807, 2.05) is 18.2 Å². The molecule has 0 saturated heterocycles. The predicted molar refractivity (Wildman–Crippen MR) is 35.9 cm³/mol. The average molecular weight is 119 g/mol. The molecular weight excluding hydrogens is 112 g/mol. The van der Waals surface area contributed by atoms with Crippen LogP contribution in [0.3, 0.4) is 0 Å². The Hall–Kier alpha value is -0.563. The van der Waals surface area contributed by atoms with E-state index >= 15 is 0 Å². The Bertz CT molecular complexity index is 146. The van der Waals surface area contributed by atoms with E-state index in [2.05, 4.69) is 22.4 Å². The summed E-state index contributed by atoms with van der Waals surface area (Å²) < 4.78 is 0. The van der Waals surface area contributed by atoms with Gasteiger partial charge >= 0.3 is 0 Å². The highest BCUT2D eigenvalue weighted by Gasteiger charge is 1.80. The zero-order valence-electron chi connectivity index (χ0n) is 4.59. The van der Waals surface area contributed by atoms with Gasteiger partial charge in [0.2, 0.25) is 0 Å². The molecule has 0 spiro atoms. The minimum atomic E-state index is 0.945. The van der Waals surface area contributed by atoms with Gasteiger partial charge in [-0.25, -0.2) is 0 Å². The van der Waals surface area contributed by atoms with Gasteiger partial charge in [0.1, 0.15) is 0 Å². The lowest BCUT2D eigenvalue weighted by molar-refractivity contribution is 1.40. The smallest absolute Gasteiger partial charge is 0.0283 e. The molecule has 1 heteroatoms. The molecule has 0 bridgehead atoms. The fraction of sp³-hybridized carbons (Fsp3) is 0.143. The first-order valence-electron chi connectivity index (χ1n) is 2.62. The van der Waals surface area contributed by atoms with Gasteiger partial charge in [-0.05, 0) is 6.04 Å². The Morgan fingerprint density at radius 2 is 1.75 bits per heavy atom. The van der Waals surface area contributed by atoms with Gasteiger partial charge in [-0.2, -0.15) is 0 Å². The van der Waals surface area contributed by atoms with Crippen LogP contribution >= 0.6 is 0 Å². The van der Waals surface area contributed by atoms with Crippen molar-refractivity contribution in [2.75, 3.05) is 0 Å². The molecule has 0 N–H and O–H groups in total. The van der Waals surface area contributed by atoms with Crippen LogP contribution < -0.4 is 0 Å². The molecule has 8 heavy (non-hydrogen) atoms. The molecular formula is C7H7Si. The highest BCUT2D eigenvalue weighted by Crippen LogP contribution is 1.95. The molecule has 0 aliphatic carbocycles. The van der Waals surface area contributed by atoms with Crippen molar-refractivity contribution < 1.29 is 0 Å². The zero-order valence-corrected chi connectivity index (χ0v) is 5.59. The van der Waals surface area contributed by atoms with E-state index in [1.165, 1.54) is 5.56 Å². The molecule has 0 aliphatic heterocycles. The fourth-order valence-corrected chi connectivity index (χ4v) is 0.832. The summed E-state index contributed by atoms with van der Waals surface area (Å²) in [6.07, 6.45) is 0. The van der Waals surface area contributed by atoms with Crippen LogP contribution in [0.5, 0.6) is 0 Å². The minimum Gasteiger partial charge on any atom is -0.0622 e. The van der Waals surface area contributed by atoms with Crippen LogP contribution in [0.1, 0.15) is 5.56 Å². The first kappa shape index (κ1) is 5.57. The quantitative estimate of drug-likeness (QED) is 0.490. The van der Waals surface area contributed by atoms with E-state index < -0.39 is 0 Å². The van der Waals surface area contributed by atoms with Crippen LogP contribution in [0.25, 0.3) is 0 Å². The van der Waals surface area contributed by atoms with Gasteiger partial charge < -0.3 is 0 Å². The maximum absolute atomic E-state index is 3.40. The molecule has 0 heterocycles. The fourth-order valence-electron chi connectivity index (χ4n) is 0.596. The molecule has 3 radical (unpaired) electrons. The summed E-state index contributed by atoms with van der Waals surface area (Å²) in [6, 6.07) is 11.2. The van der Waals surface area contributed by atoms with E-state index in [0.29, 0.717) is 0 Å². The van der Waals surface area contributed by atoms with Crippen molar-refractivity contribution >= 4 is 10.2 Å². The third-order valence-electron chi connectivity index (χ3n) is 1.05. The minimum absolute atomic E-state index is 0.945. The van der Waals surface area contributed by atoms with Crippen molar-refractivity contribution in [3.8, 4) is 0 Å². The topological polar surface area (TPSA) is 0 Å². The molecule has 1 rings (SSSR count). The van der Waals surface area contributed by atoms with Crippen LogP contribution in [-0.4, -0.2) is 10.2 Å². The Balaban J connectivity index is 2.83. The molecule has 1 aromatic carbocycles. The summed E-state index contributed by atoms with van der Waals surface area (Å²) in [6.45, 7) is 0. The van der Waals surface area contributed by atoms with Gasteiger partial charge in [-0.3, -0.25) is 0 Å². The molecule has 0 aromatic heterocycles. The van der Waals surface area contributed by atoms with Crippen LogP contribution in [0.2, 0.25) is 0 Å². The Kier molecular flexibility index (Phi) is 1.86. The first-order valence-corrected chi connectivity index (χ1v) is 3.32. The van der Waals surface area contributed by atoms with Crippen molar-refractivity contribution in [2.45, 2.75) is 6.04 Å². The number of benzene rings is 1. The van der Waals surface area contributed by atoms with Crippen molar-refractivity contribution in [1.29, 1.82) is 0 Å². The Labute approximate surface area is 53.0 Å². The highest BCUT2D eigenvalue weighted by molar-refractivity contribution is 6.08. The van der Waals surface area contributed by atoms with E-state index in [9.17, 15) is 0 Å². The van der Waals surface area contributed by atoms with Gasteiger partial charge in [-0.1, -0.05) is 35.9 Å². The highest BCUT2D eigenvalue weighted by atomic mass is 28.1. The van der Waals surface area contributed by atoms with Crippen LogP contribution in [0.15, 0.2) is 30.3 Å². The zero-order chi connectivity index (χ0) is 5.82. The van der Waals surface area contributed by atoms with Gasteiger partial charge in [0.15, 0.2) is 0 Å². The molecule has 0 saturated carbocycles. The monoisotopic (exact) mass is 119 g/mol. The molecule has 0 atom stereocenters. The van der Waals surface area contributed by atoms with Crippen molar-refractivity contribution in [3.63, 3.8) is 0 Å². The Morgan fingerprint density at radius 1 is 1.12 bits per heavy atom. The molecule has 39 valence electrons. The molecule has 0 unspecified atom stereocenters. The average Bonchev–Trinajstić information content (AvgIpc) is 1.90. The third kappa shape index (κ3) is 1.20. The van der Waals surface area contributed by atoms with E-state index in [0.717, 1.165) is 6.04 Å². The number of hydrogen-bond donors (Lipinski definition) is 0. The molecule has 0 amide bonds. The second-order valence-electron chi connectivity index (χ2n) is 1.66. The summed E-state index contributed by atoms with van der Waals surface area (Å²) in [5, 5.41) is 0. The Morgan fingerprint density at radius 3 is 2.12 bits per heavy atom. The summed E-state index contributed by atoms with van der Waals surface area (Å²) in [5.74, 6) is 0. The second-order valence-corrected chi connectivity index (χ2v) is 2.02. The lowest BCUT2D eigenvalue weighted by atomic mass is 10.2. The van der Waals surface area contributed by atoms with Gasteiger partial charge in [0.25, 0.3) is 0 Å². The molecule has 0 aliphatic rings. The first-order chi connectivity index (χ1) is 3.93. The largest absolute Gasteiger partial charge is 0.0622 e.